The molecule has 2 aromatic carbocycles. The van der Waals surface area contributed by atoms with Crippen molar-refractivity contribution in [3.63, 3.8) is 0 Å². The van der Waals surface area contributed by atoms with Crippen LogP contribution in [-0.4, -0.2) is 16.0 Å². The van der Waals surface area contributed by atoms with E-state index >= 15 is 0 Å². The molecule has 0 aliphatic heterocycles. The van der Waals surface area contributed by atoms with E-state index in [4.69, 9.17) is 15.3 Å². The van der Waals surface area contributed by atoms with E-state index in [1.54, 1.807) is 12.1 Å². The number of ketones is 1. The summed E-state index contributed by atoms with van der Waals surface area (Å²) in [5.41, 5.74) is 0.0524. The van der Waals surface area contributed by atoms with E-state index in [0.29, 0.717) is 5.56 Å². The number of nitriles is 2. The van der Waals surface area contributed by atoms with Gasteiger partial charge in [-0.2, -0.15) is 10.5 Å². The number of rotatable bonds is 3. The molecule has 6 nitrogen and oxygen atoms in total. The monoisotopic (exact) mass is 294 g/mol. The van der Waals surface area contributed by atoms with Gasteiger partial charge in [-0.25, -0.2) is 0 Å². The van der Waals surface area contributed by atoms with Gasteiger partial charge in [0.25, 0.3) is 0 Å². The first kappa shape index (κ1) is 14.9. The minimum Gasteiger partial charge on any atom is -0.504 e. The Morgan fingerprint density at radius 1 is 1.14 bits per heavy atom. The van der Waals surface area contributed by atoms with Crippen LogP contribution in [-0.2, 0) is 0 Å². The maximum Gasteiger partial charge on any atom is 0.179 e. The number of Topliss-reactive ketones (excluding diaryl/α,β-unsaturated/α-hetero) is 1. The molecule has 6 heteroatoms. The number of hydrogen-bond acceptors (Lipinski definition) is 6. The van der Waals surface area contributed by atoms with Crippen molar-refractivity contribution in [3.05, 3.63) is 47.0 Å². The molecule has 0 heterocycles. The zero-order chi connectivity index (χ0) is 16.3. The number of phenols is 2. The summed E-state index contributed by atoms with van der Waals surface area (Å²) in [6, 6.07) is 10.6. The molecule has 0 bridgehead atoms. The first-order valence-corrected chi connectivity index (χ1v) is 6.16. The second-order valence-corrected chi connectivity index (χ2v) is 4.40. The van der Waals surface area contributed by atoms with Crippen molar-refractivity contribution in [2.45, 2.75) is 6.92 Å². The maximum atomic E-state index is 11.2. The maximum absolute atomic E-state index is 11.2. The summed E-state index contributed by atoms with van der Waals surface area (Å²) in [5, 5.41) is 37.3. The summed E-state index contributed by atoms with van der Waals surface area (Å²) in [7, 11) is 0. The molecule has 2 aromatic rings. The van der Waals surface area contributed by atoms with Gasteiger partial charge in [-0.3, -0.25) is 4.79 Å². The normalized spacial score (nSPS) is 9.59. The number of hydrogen-bond donors (Lipinski definition) is 2. The van der Waals surface area contributed by atoms with Gasteiger partial charge in [0.15, 0.2) is 23.0 Å². The van der Waals surface area contributed by atoms with Crippen LogP contribution in [0.25, 0.3) is 0 Å². The van der Waals surface area contributed by atoms with Gasteiger partial charge in [0.2, 0.25) is 0 Å². The van der Waals surface area contributed by atoms with Crippen molar-refractivity contribution in [2.24, 2.45) is 0 Å². The average Bonchev–Trinajstić information content (AvgIpc) is 2.51. The SMILES string of the molecule is CC(=O)c1ccc(Oc2c(C#N)cc(O)c(O)c2C#N)cc1. The highest BCUT2D eigenvalue weighted by Crippen LogP contribution is 2.40. The lowest BCUT2D eigenvalue weighted by Gasteiger charge is -2.11. The highest BCUT2D eigenvalue weighted by atomic mass is 16.5. The summed E-state index contributed by atoms with van der Waals surface area (Å²) in [6.45, 7) is 1.43. The van der Waals surface area contributed by atoms with Gasteiger partial charge in [-0.05, 0) is 31.2 Å². The van der Waals surface area contributed by atoms with Gasteiger partial charge < -0.3 is 14.9 Å². The summed E-state index contributed by atoms with van der Waals surface area (Å²) in [4.78, 5) is 11.2. The van der Waals surface area contributed by atoms with Gasteiger partial charge in [0, 0.05) is 11.6 Å². The predicted octanol–water partition coefficient (Wildman–Crippen LogP) is 2.84. The van der Waals surface area contributed by atoms with Crippen LogP contribution in [0.3, 0.4) is 0 Å². The molecule has 108 valence electrons. The van der Waals surface area contributed by atoms with Gasteiger partial charge in [-0.15, -0.1) is 0 Å². The van der Waals surface area contributed by atoms with Crippen molar-refractivity contribution in [2.75, 3.05) is 0 Å². The lowest BCUT2D eigenvalue weighted by atomic mass is 10.1. The van der Waals surface area contributed by atoms with Gasteiger partial charge in [0.1, 0.15) is 23.5 Å². The van der Waals surface area contributed by atoms with Gasteiger partial charge >= 0.3 is 0 Å². The Bertz CT molecular complexity index is 827. The van der Waals surface area contributed by atoms with Crippen molar-refractivity contribution in [3.8, 4) is 35.1 Å². The Kier molecular flexibility index (Phi) is 3.97. The topological polar surface area (TPSA) is 114 Å². The molecule has 0 saturated heterocycles. The molecule has 0 aliphatic rings. The fourth-order valence-electron chi connectivity index (χ4n) is 1.81. The predicted molar refractivity (Wildman–Crippen MR) is 75.7 cm³/mol. The van der Waals surface area contributed by atoms with E-state index in [0.717, 1.165) is 6.07 Å². The number of carbonyl (C=O) groups is 1. The smallest absolute Gasteiger partial charge is 0.179 e. The van der Waals surface area contributed by atoms with Crippen LogP contribution in [0.4, 0.5) is 0 Å². The van der Waals surface area contributed by atoms with Crippen LogP contribution in [0.2, 0.25) is 0 Å². The zero-order valence-electron chi connectivity index (χ0n) is 11.5. The third-order valence-electron chi connectivity index (χ3n) is 2.95. The Labute approximate surface area is 126 Å². The molecule has 0 fully saturated rings. The standard InChI is InChI=1S/C16H10N2O4/c1-9(19)10-2-4-12(5-3-10)22-16-11(7-17)6-14(20)15(21)13(16)8-18/h2-6,20-21H,1H3. The second-order valence-electron chi connectivity index (χ2n) is 4.40. The number of ether oxygens (including phenoxy) is 1. The molecule has 0 spiro atoms. The van der Waals surface area contributed by atoms with Crippen molar-refractivity contribution >= 4 is 5.78 Å². The second kappa shape index (κ2) is 5.86. The van der Waals surface area contributed by atoms with Crippen LogP contribution in [0.1, 0.15) is 28.4 Å². The molecular weight excluding hydrogens is 284 g/mol. The molecule has 0 aromatic heterocycles. The molecule has 22 heavy (non-hydrogen) atoms. The fraction of sp³-hybridized carbons (Fsp3) is 0.0625. The van der Waals surface area contributed by atoms with E-state index in [1.165, 1.54) is 31.2 Å². The van der Waals surface area contributed by atoms with E-state index in [1.807, 2.05) is 0 Å². The van der Waals surface area contributed by atoms with Gasteiger partial charge in [-0.1, -0.05) is 0 Å². The zero-order valence-corrected chi connectivity index (χ0v) is 11.5. The van der Waals surface area contributed by atoms with Crippen LogP contribution >= 0.6 is 0 Å². The van der Waals surface area contributed by atoms with Crippen LogP contribution < -0.4 is 4.74 Å². The third-order valence-corrected chi connectivity index (χ3v) is 2.95. The summed E-state index contributed by atoms with van der Waals surface area (Å²) in [5.74, 6) is -1.22. The lowest BCUT2D eigenvalue weighted by molar-refractivity contribution is 0.101. The van der Waals surface area contributed by atoms with Crippen molar-refractivity contribution in [1.29, 1.82) is 10.5 Å². The minimum absolute atomic E-state index is 0.0949. The number of phenolic OH excluding ortho intramolecular Hbond substituents is 2. The quantitative estimate of drug-likeness (QED) is 0.664. The molecular formula is C16H10N2O4. The third kappa shape index (κ3) is 2.67. The van der Waals surface area contributed by atoms with Crippen molar-refractivity contribution in [1.82, 2.24) is 0 Å². The van der Waals surface area contributed by atoms with E-state index in [9.17, 15) is 15.0 Å². The largest absolute Gasteiger partial charge is 0.504 e. The fourth-order valence-corrected chi connectivity index (χ4v) is 1.81. The molecule has 0 aliphatic carbocycles. The molecule has 2 rings (SSSR count). The Hall–Kier alpha value is -3.51. The number of aromatic hydroxyl groups is 2. The number of carbonyl (C=O) groups excluding carboxylic acids is 1. The molecule has 0 saturated carbocycles. The number of nitrogens with zero attached hydrogens (tertiary/aromatic N) is 2. The Morgan fingerprint density at radius 3 is 2.27 bits per heavy atom. The molecule has 0 atom stereocenters. The summed E-state index contributed by atoms with van der Waals surface area (Å²) < 4.78 is 5.47. The van der Waals surface area contributed by atoms with Crippen LogP contribution in [0, 0.1) is 22.7 Å². The lowest BCUT2D eigenvalue weighted by Crippen LogP contribution is -1.95. The van der Waals surface area contributed by atoms with Gasteiger partial charge in [0.05, 0.1) is 5.56 Å². The van der Waals surface area contributed by atoms with Crippen molar-refractivity contribution < 1.29 is 19.7 Å². The molecule has 0 unspecified atom stereocenters. The molecule has 2 N–H and O–H groups in total. The highest BCUT2D eigenvalue weighted by molar-refractivity contribution is 5.94. The Morgan fingerprint density at radius 2 is 1.77 bits per heavy atom. The molecule has 0 radical (unpaired) electrons. The first-order chi connectivity index (χ1) is 10.5. The summed E-state index contributed by atoms with van der Waals surface area (Å²) >= 11 is 0. The van der Waals surface area contributed by atoms with Crippen LogP contribution in [0.5, 0.6) is 23.0 Å². The number of benzene rings is 2. The minimum atomic E-state index is -0.656. The summed E-state index contributed by atoms with van der Waals surface area (Å²) in [6.07, 6.45) is 0. The average molecular weight is 294 g/mol. The Balaban J connectivity index is 2.49. The van der Waals surface area contributed by atoms with E-state index in [2.05, 4.69) is 0 Å². The molecule has 0 amide bonds. The van der Waals surface area contributed by atoms with E-state index < -0.39 is 11.5 Å². The highest BCUT2D eigenvalue weighted by Gasteiger charge is 2.19. The van der Waals surface area contributed by atoms with E-state index in [-0.39, 0.29) is 28.4 Å². The van der Waals surface area contributed by atoms with Crippen LogP contribution in [0.15, 0.2) is 30.3 Å². The first-order valence-electron chi connectivity index (χ1n) is 6.16.